The number of nitrogens with zero attached hydrogens (tertiary/aromatic N) is 2. The maximum absolute atomic E-state index is 10.3. The molecule has 0 aliphatic rings. The van der Waals surface area contributed by atoms with Crippen LogP contribution >= 0.6 is 47.8 Å². The third-order valence-electron chi connectivity index (χ3n) is 1.08. The zero-order chi connectivity index (χ0) is 9.30. The molecule has 0 saturated heterocycles. The predicted octanol–water partition coefficient (Wildman–Crippen LogP) is 2.89. The molecule has 0 saturated carbocycles. The first-order valence-electron chi connectivity index (χ1n) is 2.81. The maximum Gasteiger partial charge on any atom is 0.325 e. The van der Waals surface area contributed by atoms with E-state index in [1.54, 1.807) is 0 Å². The van der Waals surface area contributed by atoms with Crippen LogP contribution in [0.1, 0.15) is 7.43 Å². The van der Waals surface area contributed by atoms with Gasteiger partial charge in [-0.3, -0.25) is 4.79 Å². The molecule has 0 atom stereocenters. The Morgan fingerprint density at radius 2 is 2.00 bits per heavy atom. The topological polar surface area (TPSA) is 55.1 Å². The summed E-state index contributed by atoms with van der Waals surface area (Å²) in [6.07, 6.45) is 0. The molecule has 0 fully saturated rings. The molecule has 1 rings (SSSR count). The zero-order valence-corrected chi connectivity index (χ0v) is 10.3. The van der Waals surface area contributed by atoms with Crippen molar-refractivity contribution in [1.29, 1.82) is 0 Å². The molecule has 0 aromatic carbocycles. The number of hydrogen-bond acceptors (Lipinski definition) is 2. The summed E-state index contributed by atoms with van der Waals surface area (Å²) >= 11 is 9.56. The van der Waals surface area contributed by atoms with Gasteiger partial charge in [0.2, 0.25) is 0 Å². The quantitative estimate of drug-likeness (QED) is 0.861. The van der Waals surface area contributed by atoms with E-state index in [0.29, 0.717) is 13.7 Å². The largest absolute Gasteiger partial charge is 0.480 e. The average molecular weight is 379 g/mol. The van der Waals surface area contributed by atoms with Crippen molar-refractivity contribution in [2.45, 2.75) is 14.0 Å². The van der Waals surface area contributed by atoms with Gasteiger partial charge in [0.15, 0.2) is 0 Å². The Morgan fingerprint density at radius 3 is 2.31 bits per heavy atom. The van der Waals surface area contributed by atoms with Crippen molar-refractivity contribution in [2.24, 2.45) is 0 Å². The van der Waals surface area contributed by atoms with Crippen LogP contribution in [0.3, 0.4) is 0 Å². The molecule has 1 N–H and O–H groups in total. The van der Waals surface area contributed by atoms with Crippen molar-refractivity contribution in [2.75, 3.05) is 0 Å². The molecule has 1 aromatic heterocycles. The smallest absolute Gasteiger partial charge is 0.325 e. The predicted molar refractivity (Wildman–Crippen MR) is 59.7 cm³/mol. The molecule has 1 heterocycles. The highest BCUT2D eigenvalue weighted by atomic mass is 79.9. The number of hydrogen-bond donors (Lipinski definition) is 1. The summed E-state index contributed by atoms with van der Waals surface area (Å²) in [5.41, 5.74) is 0. The van der Waals surface area contributed by atoms with Gasteiger partial charge in [-0.05, 0) is 47.8 Å². The van der Waals surface area contributed by atoms with Gasteiger partial charge < -0.3 is 5.11 Å². The van der Waals surface area contributed by atoms with Gasteiger partial charge in [-0.1, -0.05) is 7.43 Å². The summed E-state index contributed by atoms with van der Waals surface area (Å²) < 4.78 is 3.23. The van der Waals surface area contributed by atoms with E-state index >= 15 is 0 Å². The summed E-state index contributed by atoms with van der Waals surface area (Å²) in [5.74, 6) is -0.932. The fourth-order valence-electron chi connectivity index (χ4n) is 0.625. The Kier molecular flexibility index (Phi) is 5.16. The summed E-state index contributed by atoms with van der Waals surface area (Å²) in [5, 5.41) is 12.4. The molecule has 7 heteroatoms. The highest BCUT2D eigenvalue weighted by Gasteiger charge is 2.12. The highest BCUT2D eigenvalue weighted by molar-refractivity contribution is 9.14. The van der Waals surface area contributed by atoms with Crippen molar-refractivity contribution in [1.82, 2.24) is 9.78 Å². The van der Waals surface area contributed by atoms with Crippen LogP contribution in [0.5, 0.6) is 0 Å². The first kappa shape index (κ1) is 13.1. The Morgan fingerprint density at radius 1 is 1.46 bits per heavy atom. The molecule has 0 radical (unpaired) electrons. The number of halogens is 3. The van der Waals surface area contributed by atoms with E-state index in [-0.39, 0.29) is 14.0 Å². The van der Waals surface area contributed by atoms with Crippen LogP contribution < -0.4 is 0 Å². The molecular weight excluding hydrogens is 372 g/mol. The van der Waals surface area contributed by atoms with Gasteiger partial charge in [-0.15, -0.1) is 0 Å². The number of rotatable bonds is 2. The number of carboxylic acid groups (broad SMARTS) is 1. The molecule has 0 aliphatic heterocycles. The van der Waals surface area contributed by atoms with Crippen molar-refractivity contribution in [3.8, 4) is 0 Å². The van der Waals surface area contributed by atoms with Crippen LogP contribution in [0, 0.1) is 0 Å². The fraction of sp³-hybridized carbons (Fsp3) is 0.333. The van der Waals surface area contributed by atoms with Gasteiger partial charge in [-0.2, -0.15) is 5.10 Å². The Balaban J connectivity index is 0.00000144. The molecule has 0 aliphatic carbocycles. The van der Waals surface area contributed by atoms with E-state index in [2.05, 4.69) is 52.9 Å². The van der Waals surface area contributed by atoms with E-state index in [0.717, 1.165) is 0 Å². The molecule has 0 spiro atoms. The first-order chi connectivity index (χ1) is 5.52. The lowest BCUT2D eigenvalue weighted by atomic mass is 10.6. The van der Waals surface area contributed by atoms with Crippen molar-refractivity contribution < 1.29 is 9.90 Å². The molecule has 0 unspecified atom stereocenters. The number of carboxylic acids is 1. The lowest BCUT2D eigenvalue weighted by molar-refractivity contribution is -0.137. The summed E-state index contributed by atoms with van der Waals surface area (Å²) in [4.78, 5) is 10.3. The molecule has 1 aromatic rings. The fourth-order valence-corrected chi connectivity index (χ4v) is 1.95. The van der Waals surface area contributed by atoms with Crippen molar-refractivity contribution in [3.05, 3.63) is 13.7 Å². The van der Waals surface area contributed by atoms with Crippen molar-refractivity contribution >= 4 is 53.8 Å². The second-order valence-corrected chi connectivity index (χ2v) is 4.24. The normalized spacial score (nSPS) is 9.46. The molecule has 4 nitrogen and oxygen atoms in total. The second kappa shape index (κ2) is 5.11. The number of carbonyl (C=O) groups is 1. The standard InChI is InChI=1S/C5H3Br3N2O2.CH4/c6-3-4(7)9-10(5(3)8)1-2(11)12;/h1H2,(H,11,12);1H4. The first-order valence-corrected chi connectivity index (χ1v) is 5.19. The lowest BCUT2D eigenvalue weighted by Crippen LogP contribution is -2.10. The van der Waals surface area contributed by atoms with Gasteiger partial charge >= 0.3 is 5.97 Å². The maximum atomic E-state index is 10.3. The van der Waals surface area contributed by atoms with E-state index in [1.807, 2.05) is 0 Å². The van der Waals surface area contributed by atoms with Gasteiger partial charge in [0.05, 0.1) is 4.47 Å². The Hall–Kier alpha value is 0.120. The third kappa shape index (κ3) is 3.07. The van der Waals surface area contributed by atoms with Crippen LogP contribution in [0.25, 0.3) is 0 Å². The lowest BCUT2D eigenvalue weighted by Gasteiger charge is -1.96. The van der Waals surface area contributed by atoms with E-state index < -0.39 is 5.97 Å². The Bertz CT molecular complexity index is 324. The Labute approximate surface area is 101 Å². The van der Waals surface area contributed by atoms with E-state index in [4.69, 9.17) is 5.11 Å². The van der Waals surface area contributed by atoms with Crippen molar-refractivity contribution in [3.63, 3.8) is 0 Å². The minimum absolute atomic E-state index is 0. The van der Waals surface area contributed by atoms with Crippen LogP contribution in [0.2, 0.25) is 0 Å². The van der Waals surface area contributed by atoms with Gasteiger partial charge in [0.25, 0.3) is 0 Å². The van der Waals surface area contributed by atoms with Crippen LogP contribution in [-0.4, -0.2) is 20.9 Å². The summed E-state index contributed by atoms with van der Waals surface area (Å²) in [7, 11) is 0. The number of aromatic nitrogens is 2. The van der Waals surface area contributed by atoms with Crippen LogP contribution in [-0.2, 0) is 11.3 Å². The molecule has 0 bridgehead atoms. The molecule has 74 valence electrons. The number of aliphatic carboxylic acids is 1. The highest BCUT2D eigenvalue weighted by Crippen LogP contribution is 2.29. The minimum Gasteiger partial charge on any atom is -0.480 e. The van der Waals surface area contributed by atoms with Crippen LogP contribution in [0.15, 0.2) is 13.7 Å². The zero-order valence-electron chi connectivity index (χ0n) is 5.59. The minimum atomic E-state index is -0.932. The van der Waals surface area contributed by atoms with Gasteiger partial charge in [-0.25, -0.2) is 4.68 Å². The molecular formula is C6H7Br3N2O2. The third-order valence-corrected chi connectivity index (χ3v) is 4.26. The SMILES string of the molecule is C.O=C(O)Cn1nc(Br)c(Br)c1Br. The summed E-state index contributed by atoms with van der Waals surface area (Å²) in [6.45, 7) is -0.162. The van der Waals surface area contributed by atoms with Crippen LogP contribution in [0.4, 0.5) is 0 Å². The van der Waals surface area contributed by atoms with Gasteiger partial charge in [0.1, 0.15) is 15.8 Å². The van der Waals surface area contributed by atoms with E-state index in [1.165, 1.54) is 4.68 Å². The molecule has 0 amide bonds. The second-order valence-electron chi connectivity index (χ2n) is 1.95. The summed E-state index contributed by atoms with van der Waals surface area (Å²) in [6, 6.07) is 0. The van der Waals surface area contributed by atoms with E-state index in [9.17, 15) is 4.79 Å². The van der Waals surface area contributed by atoms with Gasteiger partial charge in [0, 0.05) is 0 Å². The monoisotopic (exact) mass is 376 g/mol. The molecule has 13 heavy (non-hydrogen) atoms. The average Bonchev–Trinajstić information content (AvgIpc) is 2.17.